The van der Waals surface area contributed by atoms with Gasteiger partial charge in [-0.25, -0.2) is 4.79 Å². The van der Waals surface area contributed by atoms with E-state index < -0.39 is 30.8 Å². The summed E-state index contributed by atoms with van der Waals surface area (Å²) in [5.41, 5.74) is 1.29. The van der Waals surface area contributed by atoms with Crippen molar-refractivity contribution in [1.82, 2.24) is 9.88 Å². The van der Waals surface area contributed by atoms with Gasteiger partial charge >= 0.3 is 12.3 Å². The van der Waals surface area contributed by atoms with Gasteiger partial charge in [-0.1, -0.05) is 6.07 Å². The maximum absolute atomic E-state index is 12.5. The smallest absolute Gasteiger partial charge is 0.422 e. The zero-order valence-electron chi connectivity index (χ0n) is 13.6. The lowest BCUT2D eigenvalue weighted by atomic mass is 10.1. The van der Waals surface area contributed by atoms with Crippen LogP contribution in [0.25, 0.3) is 10.9 Å². The number of anilines is 1. The molecule has 1 aliphatic heterocycles. The van der Waals surface area contributed by atoms with Crippen LogP contribution in [0.5, 0.6) is 0 Å². The number of amides is 2. The van der Waals surface area contributed by atoms with E-state index in [1.54, 1.807) is 30.5 Å². The number of likely N-dealkylation sites (tertiary alicyclic amines) is 1. The molecule has 0 aliphatic carbocycles. The number of pyridine rings is 1. The van der Waals surface area contributed by atoms with Crippen molar-refractivity contribution < 1.29 is 27.5 Å². The Hall–Kier alpha value is -2.84. The number of aromatic nitrogens is 1. The summed E-state index contributed by atoms with van der Waals surface area (Å²) in [6.07, 6.45) is -3.21. The maximum Gasteiger partial charge on any atom is 0.422 e. The van der Waals surface area contributed by atoms with Gasteiger partial charge in [0.1, 0.15) is 6.04 Å². The molecule has 2 heterocycles. The van der Waals surface area contributed by atoms with Gasteiger partial charge < -0.3 is 10.1 Å². The fraction of sp³-hybridized carbons (Fsp3) is 0.353. The first-order chi connectivity index (χ1) is 12.3. The Labute approximate surface area is 146 Å². The molecule has 1 aromatic carbocycles. The molecule has 6 nitrogen and oxygen atoms in total. The molecular weight excluding hydrogens is 351 g/mol. The normalized spacial score (nSPS) is 17.3. The lowest BCUT2D eigenvalue weighted by Crippen LogP contribution is -2.44. The Morgan fingerprint density at radius 1 is 1.31 bits per heavy atom. The first-order valence-corrected chi connectivity index (χ1v) is 7.99. The number of ether oxygens (including phenoxy) is 1. The maximum atomic E-state index is 12.5. The largest absolute Gasteiger partial charge is 0.440 e. The van der Waals surface area contributed by atoms with Crippen molar-refractivity contribution in [3.8, 4) is 0 Å². The van der Waals surface area contributed by atoms with Crippen LogP contribution in [-0.2, 0) is 9.53 Å². The molecule has 0 spiro atoms. The first-order valence-electron chi connectivity index (χ1n) is 7.99. The molecule has 138 valence electrons. The van der Waals surface area contributed by atoms with Crippen LogP contribution in [0, 0.1) is 0 Å². The molecule has 26 heavy (non-hydrogen) atoms. The van der Waals surface area contributed by atoms with Crippen LogP contribution in [0.4, 0.5) is 23.7 Å². The van der Waals surface area contributed by atoms with E-state index in [1.807, 2.05) is 6.07 Å². The zero-order valence-corrected chi connectivity index (χ0v) is 13.6. The third-order valence-corrected chi connectivity index (χ3v) is 4.02. The molecule has 2 aromatic rings. The molecule has 1 atom stereocenters. The van der Waals surface area contributed by atoms with Crippen molar-refractivity contribution in [2.45, 2.75) is 25.1 Å². The molecule has 2 amide bonds. The highest BCUT2D eigenvalue weighted by Gasteiger charge is 2.37. The van der Waals surface area contributed by atoms with E-state index in [4.69, 9.17) is 0 Å². The van der Waals surface area contributed by atoms with Crippen molar-refractivity contribution >= 4 is 28.6 Å². The number of benzene rings is 1. The van der Waals surface area contributed by atoms with E-state index in [0.717, 1.165) is 15.8 Å². The van der Waals surface area contributed by atoms with Crippen LogP contribution in [-0.4, -0.2) is 47.3 Å². The van der Waals surface area contributed by atoms with E-state index in [1.165, 1.54) is 0 Å². The van der Waals surface area contributed by atoms with E-state index in [0.29, 0.717) is 18.5 Å². The van der Waals surface area contributed by atoms with Gasteiger partial charge in [0.05, 0.1) is 5.52 Å². The summed E-state index contributed by atoms with van der Waals surface area (Å²) in [5.74, 6) is -0.463. The molecule has 1 aliphatic rings. The summed E-state index contributed by atoms with van der Waals surface area (Å²) in [6.45, 7) is -1.50. The molecule has 1 aromatic heterocycles. The minimum absolute atomic E-state index is 0.177. The summed E-state index contributed by atoms with van der Waals surface area (Å²) in [6, 6.07) is 7.91. The van der Waals surface area contributed by atoms with Gasteiger partial charge in [-0.2, -0.15) is 13.2 Å². The van der Waals surface area contributed by atoms with Crippen LogP contribution < -0.4 is 5.32 Å². The van der Waals surface area contributed by atoms with E-state index in [-0.39, 0.29) is 6.54 Å². The standard InChI is InChI=1S/C17H16F3N3O3/c18-17(19,20)10-26-16(25)23-8-2-4-14(23)15(24)22-12-5-6-13-11(9-12)3-1-7-21-13/h1,3,5-7,9,14H,2,4,8,10H2,(H,22,24). The Bertz CT molecular complexity index is 825. The fourth-order valence-corrected chi connectivity index (χ4v) is 2.86. The fourth-order valence-electron chi connectivity index (χ4n) is 2.86. The Morgan fingerprint density at radius 2 is 2.12 bits per heavy atom. The first kappa shape index (κ1) is 18.0. The highest BCUT2D eigenvalue weighted by molar-refractivity contribution is 5.98. The minimum atomic E-state index is -4.60. The minimum Gasteiger partial charge on any atom is -0.440 e. The predicted octanol–water partition coefficient (Wildman–Crippen LogP) is 3.34. The second-order valence-corrected chi connectivity index (χ2v) is 5.92. The molecule has 1 N–H and O–H groups in total. The average molecular weight is 367 g/mol. The quantitative estimate of drug-likeness (QED) is 0.903. The summed E-state index contributed by atoms with van der Waals surface area (Å²) < 4.78 is 40.8. The third kappa shape index (κ3) is 4.22. The molecular formula is C17H16F3N3O3. The number of alkyl halides is 3. The highest BCUT2D eigenvalue weighted by Crippen LogP contribution is 2.23. The lowest BCUT2D eigenvalue weighted by Gasteiger charge is -2.23. The number of nitrogens with one attached hydrogen (secondary N) is 1. The van der Waals surface area contributed by atoms with Crippen molar-refractivity contribution in [3.05, 3.63) is 36.5 Å². The SMILES string of the molecule is O=C(Nc1ccc2ncccc2c1)C1CCCN1C(=O)OCC(F)(F)F. The summed E-state index contributed by atoms with van der Waals surface area (Å²) in [5, 5.41) is 3.53. The van der Waals surface area contributed by atoms with Crippen LogP contribution in [0.1, 0.15) is 12.8 Å². The summed E-state index contributed by atoms with van der Waals surface area (Å²) in [7, 11) is 0. The third-order valence-electron chi connectivity index (χ3n) is 4.02. The number of hydrogen-bond donors (Lipinski definition) is 1. The Kier molecular flexibility index (Phi) is 4.97. The number of halogens is 3. The van der Waals surface area contributed by atoms with Crippen LogP contribution in [0.15, 0.2) is 36.5 Å². The molecule has 1 unspecified atom stereocenters. The summed E-state index contributed by atoms with van der Waals surface area (Å²) in [4.78, 5) is 29.5. The zero-order chi connectivity index (χ0) is 18.7. The molecule has 0 bridgehead atoms. The van der Waals surface area contributed by atoms with E-state index in [2.05, 4.69) is 15.0 Å². The van der Waals surface area contributed by atoms with Crippen LogP contribution in [0.2, 0.25) is 0 Å². The Morgan fingerprint density at radius 3 is 2.88 bits per heavy atom. The van der Waals surface area contributed by atoms with Gasteiger partial charge in [-0.15, -0.1) is 0 Å². The second-order valence-electron chi connectivity index (χ2n) is 5.92. The molecule has 9 heteroatoms. The van der Waals surface area contributed by atoms with Gasteiger partial charge in [0, 0.05) is 23.8 Å². The molecule has 1 fully saturated rings. The van der Waals surface area contributed by atoms with Gasteiger partial charge in [0.15, 0.2) is 6.61 Å². The van der Waals surface area contributed by atoms with Gasteiger partial charge in [-0.05, 0) is 37.1 Å². The number of carbonyl (C=O) groups excluding carboxylic acids is 2. The van der Waals surface area contributed by atoms with E-state index in [9.17, 15) is 22.8 Å². The predicted molar refractivity (Wildman–Crippen MR) is 87.5 cm³/mol. The number of hydrogen-bond acceptors (Lipinski definition) is 4. The molecule has 0 radical (unpaired) electrons. The van der Waals surface area contributed by atoms with E-state index >= 15 is 0 Å². The second kappa shape index (κ2) is 7.19. The van der Waals surface area contributed by atoms with Crippen molar-refractivity contribution in [3.63, 3.8) is 0 Å². The highest BCUT2D eigenvalue weighted by atomic mass is 19.4. The van der Waals surface area contributed by atoms with Gasteiger partial charge in [0.2, 0.25) is 5.91 Å². The molecule has 1 saturated heterocycles. The number of carbonyl (C=O) groups is 2. The topological polar surface area (TPSA) is 71.5 Å². The average Bonchev–Trinajstić information content (AvgIpc) is 3.09. The number of fused-ring (bicyclic) bond motifs is 1. The van der Waals surface area contributed by atoms with Gasteiger partial charge in [0.25, 0.3) is 0 Å². The number of nitrogens with zero attached hydrogens (tertiary/aromatic N) is 2. The summed E-state index contributed by atoms with van der Waals surface area (Å²) >= 11 is 0. The van der Waals surface area contributed by atoms with Crippen molar-refractivity contribution in [1.29, 1.82) is 0 Å². The van der Waals surface area contributed by atoms with Crippen molar-refractivity contribution in [2.24, 2.45) is 0 Å². The Balaban J connectivity index is 1.66. The van der Waals surface area contributed by atoms with Gasteiger partial charge in [-0.3, -0.25) is 14.7 Å². The van der Waals surface area contributed by atoms with Crippen LogP contribution in [0.3, 0.4) is 0 Å². The molecule has 0 saturated carbocycles. The van der Waals surface area contributed by atoms with Crippen molar-refractivity contribution in [2.75, 3.05) is 18.5 Å². The monoisotopic (exact) mass is 367 g/mol. The number of rotatable bonds is 3. The lowest BCUT2D eigenvalue weighted by molar-refractivity contribution is -0.162. The molecule has 3 rings (SSSR count). The van der Waals surface area contributed by atoms with Crippen LogP contribution >= 0.6 is 0 Å².